The van der Waals surface area contributed by atoms with Gasteiger partial charge in [-0.3, -0.25) is 4.98 Å². The van der Waals surface area contributed by atoms with Gasteiger partial charge in [0.2, 0.25) is 0 Å². The molecule has 0 unspecified atom stereocenters. The van der Waals surface area contributed by atoms with Gasteiger partial charge in [0.25, 0.3) is 0 Å². The van der Waals surface area contributed by atoms with Crippen LogP contribution in [0.5, 0.6) is 0 Å². The Morgan fingerprint density at radius 2 is 1.90 bits per heavy atom. The summed E-state index contributed by atoms with van der Waals surface area (Å²) in [7, 11) is 0. The molecule has 1 atom stereocenters. The minimum atomic E-state index is -0.293. The number of nitrogens with zero attached hydrogens (tertiary/aromatic N) is 3. The predicted molar refractivity (Wildman–Crippen MR) is 81.8 cm³/mol. The lowest BCUT2D eigenvalue weighted by atomic mass is 9.99. The monoisotopic (exact) mass is 287 g/mol. The zero-order chi connectivity index (χ0) is 15.4. The highest BCUT2D eigenvalue weighted by Crippen LogP contribution is 2.20. The van der Waals surface area contributed by atoms with Crippen LogP contribution in [0.2, 0.25) is 0 Å². The highest BCUT2D eigenvalue weighted by atomic mass is 19.1. The van der Waals surface area contributed by atoms with Crippen LogP contribution < -0.4 is 0 Å². The maximum absolute atomic E-state index is 12.9. The molecule has 0 aliphatic heterocycles. The van der Waals surface area contributed by atoms with Crippen LogP contribution in [-0.4, -0.2) is 15.0 Å². The second-order valence-corrected chi connectivity index (χ2v) is 5.85. The lowest BCUT2D eigenvalue weighted by Crippen LogP contribution is -2.05. The van der Waals surface area contributed by atoms with Gasteiger partial charge in [0, 0.05) is 23.0 Å². The first-order valence-corrected chi connectivity index (χ1v) is 7.41. The molecule has 2 heterocycles. The van der Waals surface area contributed by atoms with Crippen molar-refractivity contribution in [1.29, 1.82) is 0 Å². The van der Waals surface area contributed by atoms with E-state index in [2.05, 4.69) is 35.7 Å². The van der Waals surface area contributed by atoms with Crippen LogP contribution in [0.4, 0.5) is 4.39 Å². The molecular weight excluding hydrogens is 265 g/mol. The first-order valence-electron chi connectivity index (χ1n) is 7.41. The molecule has 0 saturated heterocycles. The van der Waals surface area contributed by atoms with Crippen molar-refractivity contribution in [3.05, 3.63) is 53.1 Å². The fourth-order valence-electron chi connectivity index (χ4n) is 2.24. The normalized spacial score (nSPS) is 12.7. The summed E-state index contributed by atoms with van der Waals surface area (Å²) in [6.07, 6.45) is 3.09. The van der Waals surface area contributed by atoms with Crippen LogP contribution >= 0.6 is 0 Å². The van der Waals surface area contributed by atoms with Gasteiger partial charge >= 0.3 is 0 Å². The number of aryl methyl sites for hydroxylation is 2. The molecule has 2 aromatic heterocycles. The third kappa shape index (κ3) is 4.31. The van der Waals surface area contributed by atoms with E-state index in [0.29, 0.717) is 5.92 Å². The first-order chi connectivity index (χ1) is 9.95. The maximum Gasteiger partial charge on any atom is 0.141 e. The standard InChI is InChI=1S/C17H22FN3/c1-11(2)17-20-13(4)9-15(21-17)7-5-12(3)16-8-6-14(18)10-19-16/h6,8-12H,5,7H2,1-4H3/t12-/m0/s1. The fraction of sp³-hybridized carbons (Fsp3) is 0.471. The minimum Gasteiger partial charge on any atom is -0.258 e. The lowest BCUT2D eigenvalue weighted by Gasteiger charge is -2.12. The number of aromatic nitrogens is 3. The van der Waals surface area contributed by atoms with E-state index in [4.69, 9.17) is 0 Å². The van der Waals surface area contributed by atoms with Gasteiger partial charge in [0.1, 0.15) is 11.6 Å². The molecule has 112 valence electrons. The summed E-state index contributed by atoms with van der Waals surface area (Å²) in [5, 5.41) is 0. The largest absolute Gasteiger partial charge is 0.258 e. The molecule has 0 aromatic carbocycles. The van der Waals surface area contributed by atoms with Crippen molar-refractivity contribution in [2.75, 3.05) is 0 Å². The molecule has 0 aliphatic rings. The van der Waals surface area contributed by atoms with Crippen molar-refractivity contribution in [1.82, 2.24) is 15.0 Å². The van der Waals surface area contributed by atoms with Gasteiger partial charge in [-0.15, -0.1) is 0 Å². The summed E-state index contributed by atoms with van der Waals surface area (Å²) in [4.78, 5) is 13.2. The third-order valence-corrected chi connectivity index (χ3v) is 3.53. The van der Waals surface area contributed by atoms with Crippen molar-refractivity contribution in [2.24, 2.45) is 0 Å². The van der Waals surface area contributed by atoms with E-state index in [1.807, 2.05) is 13.0 Å². The maximum atomic E-state index is 12.9. The average molecular weight is 287 g/mol. The smallest absolute Gasteiger partial charge is 0.141 e. The minimum absolute atomic E-state index is 0.281. The van der Waals surface area contributed by atoms with E-state index in [0.717, 1.165) is 35.7 Å². The average Bonchev–Trinajstić information content (AvgIpc) is 2.45. The van der Waals surface area contributed by atoms with Crippen molar-refractivity contribution in [2.45, 2.75) is 52.4 Å². The molecule has 0 radical (unpaired) electrons. The summed E-state index contributed by atoms with van der Waals surface area (Å²) >= 11 is 0. The Balaban J connectivity index is 2.04. The zero-order valence-electron chi connectivity index (χ0n) is 13.1. The van der Waals surface area contributed by atoms with Crippen molar-refractivity contribution in [3.63, 3.8) is 0 Å². The molecule has 4 heteroatoms. The summed E-state index contributed by atoms with van der Waals surface area (Å²) in [5.41, 5.74) is 3.00. The Kier molecular flexibility index (Phi) is 4.99. The summed E-state index contributed by atoms with van der Waals surface area (Å²) in [6, 6.07) is 5.26. The first kappa shape index (κ1) is 15.5. The number of hydrogen-bond acceptors (Lipinski definition) is 3. The topological polar surface area (TPSA) is 38.7 Å². The SMILES string of the molecule is Cc1cc(CC[C@H](C)c2ccc(F)cn2)nc(C(C)C)n1. The molecule has 21 heavy (non-hydrogen) atoms. The van der Waals surface area contributed by atoms with Gasteiger partial charge < -0.3 is 0 Å². The molecule has 0 amide bonds. The van der Waals surface area contributed by atoms with Crippen LogP contribution in [0.15, 0.2) is 24.4 Å². The van der Waals surface area contributed by atoms with E-state index in [1.54, 1.807) is 6.07 Å². The van der Waals surface area contributed by atoms with Crippen molar-refractivity contribution in [3.8, 4) is 0 Å². The van der Waals surface area contributed by atoms with E-state index in [-0.39, 0.29) is 11.7 Å². The Labute approximate surface area is 125 Å². The molecule has 2 aromatic rings. The molecule has 0 aliphatic carbocycles. The summed E-state index contributed by atoms with van der Waals surface area (Å²) in [5.74, 6) is 1.22. The van der Waals surface area contributed by atoms with Crippen LogP contribution in [0.25, 0.3) is 0 Å². The lowest BCUT2D eigenvalue weighted by molar-refractivity contribution is 0.606. The van der Waals surface area contributed by atoms with Gasteiger partial charge in [-0.2, -0.15) is 0 Å². The second kappa shape index (κ2) is 6.74. The number of hydrogen-bond donors (Lipinski definition) is 0. The number of pyridine rings is 1. The van der Waals surface area contributed by atoms with Crippen LogP contribution in [-0.2, 0) is 6.42 Å². The predicted octanol–water partition coefficient (Wildman–Crippen LogP) is 4.18. The van der Waals surface area contributed by atoms with E-state index in [9.17, 15) is 4.39 Å². The van der Waals surface area contributed by atoms with E-state index < -0.39 is 0 Å². The number of rotatable bonds is 5. The Morgan fingerprint density at radius 1 is 1.14 bits per heavy atom. The Hall–Kier alpha value is -1.84. The van der Waals surface area contributed by atoms with Gasteiger partial charge in [-0.1, -0.05) is 20.8 Å². The highest BCUT2D eigenvalue weighted by molar-refractivity contribution is 5.14. The van der Waals surface area contributed by atoms with Gasteiger partial charge in [0.05, 0.1) is 6.20 Å². The van der Waals surface area contributed by atoms with E-state index in [1.165, 1.54) is 12.3 Å². The summed E-state index contributed by atoms with van der Waals surface area (Å²) in [6.45, 7) is 8.31. The molecular formula is C17H22FN3. The molecule has 0 bridgehead atoms. The van der Waals surface area contributed by atoms with E-state index >= 15 is 0 Å². The van der Waals surface area contributed by atoms with Gasteiger partial charge in [-0.05, 0) is 43.9 Å². The molecule has 0 N–H and O–H groups in total. The molecule has 3 nitrogen and oxygen atoms in total. The third-order valence-electron chi connectivity index (χ3n) is 3.53. The Bertz CT molecular complexity index is 593. The van der Waals surface area contributed by atoms with Crippen molar-refractivity contribution < 1.29 is 4.39 Å². The summed E-state index contributed by atoms with van der Waals surface area (Å²) < 4.78 is 12.9. The van der Waals surface area contributed by atoms with Gasteiger partial charge in [0.15, 0.2) is 0 Å². The molecule has 0 fully saturated rings. The molecule has 0 spiro atoms. The Morgan fingerprint density at radius 3 is 2.52 bits per heavy atom. The van der Waals surface area contributed by atoms with Crippen molar-refractivity contribution >= 4 is 0 Å². The van der Waals surface area contributed by atoms with Gasteiger partial charge in [-0.25, -0.2) is 14.4 Å². The van der Waals surface area contributed by atoms with Crippen LogP contribution in [0.3, 0.4) is 0 Å². The quantitative estimate of drug-likeness (QED) is 0.828. The molecule has 0 saturated carbocycles. The zero-order valence-corrected chi connectivity index (χ0v) is 13.1. The van der Waals surface area contributed by atoms with Crippen LogP contribution in [0.1, 0.15) is 61.9 Å². The fourth-order valence-corrected chi connectivity index (χ4v) is 2.24. The second-order valence-electron chi connectivity index (χ2n) is 5.85. The number of halogens is 1. The van der Waals surface area contributed by atoms with Crippen LogP contribution in [0, 0.1) is 12.7 Å². The highest BCUT2D eigenvalue weighted by Gasteiger charge is 2.10. The molecule has 2 rings (SSSR count).